The van der Waals surface area contributed by atoms with E-state index in [9.17, 15) is 0 Å². The first-order valence-corrected chi connectivity index (χ1v) is 27.8. The number of halogens is 5. The molecule has 6 nitrogen and oxygen atoms in total. The molecule has 16 heteroatoms. The van der Waals surface area contributed by atoms with Crippen LogP contribution in [0.4, 0.5) is 0 Å². The Bertz CT molecular complexity index is 766. The first-order chi connectivity index (χ1) is 17.7. The minimum absolute atomic E-state index is 0.639. The molecule has 0 aromatic heterocycles. The highest BCUT2D eigenvalue weighted by Crippen LogP contribution is 2.18. The second-order valence-electron chi connectivity index (χ2n) is 7.53. The zero-order valence-corrected chi connectivity index (χ0v) is 33.2. The van der Waals surface area contributed by atoms with E-state index in [1.54, 1.807) is 42.7 Å². The normalized spacial score (nSPS) is 10.9. The molecule has 2 aromatic carbocycles. The van der Waals surface area contributed by atoms with E-state index in [1.165, 1.54) is 0 Å². The molecule has 2 aromatic rings. The van der Waals surface area contributed by atoms with Gasteiger partial charge in [-0.1, -0.05) is 60.7 Å². The second kappa shape index (κ2) is 25.4. The Morgan fingerprint density at radius 2 is 0.921 bits per heavy atom. The van der Waals surface area contributed by atoms with Gasteiger partial charge in [0.05, 0.1) is 0 Å². The Balaban J connectivity index is -0.000000429. The molecule has 0 aliphatic carbocycles. The SMILES string of the molecule is CO[SiH](C)OC.CO[Si](C)(C)OC.CO[Si](C)(OC)c1ccccc1.Cl[SiH2]Cl.Cl[Si](Cl)(Cl)c1ccccc1. The van der Waals surface area contributed by atoms with Gasteiger partial charge in [-0.05, 0) is 36.6 Å². The highest BCUT2D eigenvalue weighted by Gasteiger charge is 2.31. The fourth-order valence-corrected chi connectivity index (χ4v) is 5.37. The van der Waals surface area contributed by atoms with Crippen molar-refractivity contribution in [2.45, 2.75) is 26.2 Å². The molecule has 0 aliphatic rings. The van der Waals surface area contributed by atoms with Crippen LogP contribution in [0.25, 0.3) is 0 Å². The predicted molar refractivity (Wildman–Crippen MR) is 180 cm³/mol. The lowest BCUT2D eigenvalue weighted by Gasteiger charge is -2.22. The summed E-state index contributed by atoms with van der Waals surface area (Å²) in [6.45, 7) is 7.99. The van der Waals surface area contributed by atoms with Crippen molar-refractivity contribution in [3.63, 3.8) is 0 Å². The zero-order chi connectivity index (χ0) is 30.3. The first kappa shape index (κ1) is 43.2. The van der Waals surface area contributed by atoms with Crippen LogP contribution in [0.15, 0.2) is 60.7 Å². The van der Waals surface area contributed by atoms with Gasteiger partial charge in [0.15, 0.2) is 0 Å². The standard InChI is InChI=1S/C9H14O2Si.C6H5Cl3Si.C4H12O2Si.C3H10O2Si.Cl2H2Si/c1-10-12(3,11-2)9-7-5-4-6-8-9;7-10(8,9)6-4-2-1-3-5-6;1-5-7(3,4)6-2;1-4-6(3)5-2;1-3-2/h4-8H,1-3H3;1-5H;1-4H3;6H,1-3H3;3H2. The van der Waals surface area contributed by atoms with E-state index in [0.29, 0.717) is 0 Å². The highest BCUT2D eigenvalue weighted by atomic mass is 35.8. The maximum absolute atomic E-state index is 5.73. The van der Waals surface area contributed by atoms with Gasteiger partial charge >= 0.3 is 32.4 Å². The highest BCUT2D eigenvalue weighted by molar-refractivity contribution is 7.69. The summed E-state index contributed by atoms with van der Waals surface area (Å²) in [4.78, 5) is 0. The smallest absolute Gasteiger partial charge is 0.372 e. The van der Waals surface area contributed by atoms with Crippen LogP contribution in [0.5, 0.6) is 0 Å². The van der Waals surface area contributed by atoms with Gasteiger partial charge in [-0.3, -0.25) is 0 Å². The molecule has 0 saturated carbocycles. The van der Waals surface area contributed by atoms with Crippen molar-refractivity contribution in [3.05, 3.63) is 60.7 Å². The molecule has 2 rings (SSSR count). The third-order valence-corrected chi connectivity index (χ3v) is 14.0. The minimum Gasteiger partial charge on any atom is -0.400 e. The molecular weight excluding hydrogens is 678 g/mol. The van der Waals surface area contributed by atoms with Crippen molar-refractivity contribution < 1.29 is 26.6 Å². The molecule has 38 heavy (non-hydrogen) atoms. The van der Waals surface area contributed by atoms with Gasteiger partial charge in [0.25, 0.3) is 0 Å². The van der Waals surface area contributed by atoms with Crippen molar-refractivity contribution in [1.29, 1.82) is 0 Å². The number of rotatable bonds is 8. The summed E-state index contributed by atoms with van der Waals surface area (Å²) in [5, 5.41) is 2.00. The summed E-state index contributed by atoms with van der Waals surface area (Å²) in [5.74, 6) is 0. The van der Waals surface area contributed by atoms with Crippen LogP contribution < -0.4 is 10.4 Å². The van der Waals surface area contributed by atoms with E-state index >= 15 is 0 Å². The Morgan fingerprint density at radius 3 is 1.08 bits per heavy atom. The summed E-state index contributed by atoms with van der Waals surface area (Å²) < 4.78 is 30.4. The fourth-order valence-electron chi connectivity index (χ4n) is 1.87. The van der Waals surface area contributed by atoms with Gasteiger partial charge in [-0.25, -0.2) is 0 Å². The average molecular weight is 721 g/mol. The molecule has 0 unspecified atom stereocenters. The lowest BCUT2D eigenvalue weighted by molar-refractivity contribution is 0.258. The second-order valence-corrected chi connectivity index (χ2v) is 27.6. The summed E-state index contributed by atoms with van der Waals surface area (Å²) in [5.41, 5.74) is 0. The molecule has 0 heterocycles. The van der Waals surface area contributed by atoms with Crippen molar-refractivity contribution in [3.8, 4) is 0 Å². The Labute approximate surface area is 260 Å². The topological polar surface area (TPSA) is 55.4 Å². The molecule has 0 atom stereocenters. The van der Waals surface area contributed by atoms with Crippen LogP contribution in [0.2, 0.25) is 26.2 Å². The van der Waals surface area contributed by atoms with Gasteiger partial charge in [-0.2, -0.15) is 22.2 Å². The lowest BCUT2D eigenvalue weighted by Crippen LogP contribution is -2.49. The van der Waals surface area contributed by atoms with Crippen LogP contribution >= 0.6 is 55.4 Å². The van der Waals surface area contributed by atoms with Crippen molar-refractivity contribution >= 4 is 106 Å². The van der Waals surface area contributed by atoms with E-state index < -0.39 is 40.5 Å². The molecule has 0 fully saturated rings. The van der Waals surface area contributed by atoms with Crippen LogP contribution in [0.1, 0.15) is 0 Å². The molecule has 0 bridgehead atoms. The maximum atomic E-state index is 5.73. The number of hydrogen-bond acceptors (Lipinski definition) is 6. The molecule has 0 aliphatic heterocycles. The van der Waals surface area contributed by atoms with Crippen molar-refractivity contribution in [2.24, 2.45) is 0 Å². The summed E-state index contributed by atoms with van der Waals surface area (Å²) >= 11 is 27.0. The molecule has 0 radical (unpaired) electrons. The summed E-state index contributed by atoms with van der Waals surface area (Å²) in [7, 11) is 4.56. The lowest BCUT2D eigenvalue weighted by atomic mass is 10.4. The Morgan fingerprint density at radius 1 is 0.605 bits per heavy atom. The third-order valence-electron chi connectivity index (χ3n) is 4.83. The van der Waals surface area contributed by atoms with E-state index in [1.807, 2.05) is 86.9 Å². The molecule has 0 spiro atoms. The van der Waals surface area contributed by atoms with Crippen molar-refractivity contribution in [2.75, 3.05) is 42.7 Å². The van der Waals surface area contributed by atoms with Gasteiger partial charge in [0.1, 0.15) is 0 Å². The Hall–Kier alpha value is 0.734. The molecule has 0 saturated heterocycles. The van der Waals surface area contributed by atoms with E-state index in [2.05, 4.69) is 0 Å². The van der Waals surface area contributed by atoms with Crippen LogP contribution in [-0.4, -0.2) is 83.2 Å². The number of hydrogen-bond donors (Lipinski definition) is 0. The van der Waals surface area contributed by atoms with Crippen molar-refractivity contribution in [1.82, 2.24) is 0 Å². The molecule has 222 valence electrons. The average Bonchev–Trinajstić information content (AvgIpc) is 2.94. The van der Waals surface area contributed by atoms with E-state index in [0.717, 1.165) is 10.4 Å². The summed E-state index contributed by atoms with van der Waals surface area (Å²) in [6.07, 6.45) is 0. The Kier molecular flexibility index (Phi) is 28.9. The van der Waals surface area contributed by atoms with Gasteiger partial charge in [-0.15, -0.1) is 33.2 Å². The van der Waals surface area contributed by atoms with Gasteiger partial charge in [0.2, 0.25) is 8.14 Å². The molecule has 0 N–H and O–H groups in total. The minimum atomic E-state index is -2.62. The maximum Gasteiger partial charge on any atom is 0.372 e. The van der Waals surface area contributed by atoms with E-state index in [4.69, 9.17) is 82.0 Å². The quantitative estimate of drug-likeness (QED) is 0.270. The summed E-state index contributed by atoms with van der Waals surface area (Å²) in [6, 6.07) is 16.7. The third kappa shape index (κ3) is 23.4. The van der Waals surface area contributed by atoms with Crippen LogP contribution in [0.3, 0.4) is 0 Å². The predicted octanol–water partition coefficient (Wildman–Crippen LogP) is 5.38. The monoisotopic (exact) mass is 718 g/mol. The van der Waals surface area contributed by atoms with Crippen LogP contribution in [-0.2, 0) is 26.6 Å². The first-order valence-electron chi connectivity index (χ1n) is 11.2. The van der Waals surface area contributed by atoms with Gasteiger partial charge in [0, 0.05) is 42.7 Å². The molecular formula is C22H43Cl5O6Si5. The van der Waals surface area contributed by atoms with Crippen LogP contribution in [0, 0.1) is 0 Å². The number of benzene rings is 2. The van der Waals surface area contributed by atoms with Gasteiger partial charge < -0.3 is 26.6 Å². The largest absolute Gasteiger partial charge is 0.400 e. The fraction of sp³-hybridized carbons (Fsp3) is 0.455. The molecule has 0 amide bonds. The zero-order valence-electron chi connectivity index (χ0n) is 23.9. The van der Waals surface area contributed by atoms with E-state index in [-0.39, 0.29) is 0 Å².